The molecule has 6 heteroatoms. The van der Waals surface area contributed by atoms with Gasteiger partial charge in [0.25, 0.3) is 0 Å². The average Bonchev–Trinajstić information content (AvgIpc) is 2.24. The van der Waals surface area contributed by atoms with E-state index < -0.39 is 6.61 Å². The van der Waals surface area contributed by atoms with Crippen LogP contribution in [0.15, 0.2) is 29.4 Å². The zero-order chi connectivity index (χ0) is 11.8. The van der Waals surface area contributed by atoms with E-state index in [1.807, 2.05) is 0 Å². The lowest BCUT2D eigenvalue weighted by Crippen LogP contribution is -2.11. The topological polar surface area (TPSA) is 53.8 Å². The minimum absolute atomic E-state index is 0.0220. The van der Waals surface area contributed by atoms with Crippen molar-refractivity contribution in [3.05, 3.63) is 29.8 Å². The largest absolute Gasteiger partial charge is 0.435 e. The second-order valence-corrected chi connectivity index (χ2v) is 2.84. The molecule has 1 aromatic carbocycles. The normalized spacial score (nSPS) is 11.0. The first-order chi connectivity index (χ1) is 7.72. The van der Waals surface area contributed by atoms with E-state index in [9.17, 15) is 8.78 Å². The Morgan fingerprint density at radius 3 is 3.00 bits per heavy atom. The van der Waals surface area contributed by atoms with E-state index in [2.05, 4.69) is 15.3 Å². The Bertz CT molecular complexity index is 345. The summed E-state index contributed by atoms with van der Waals surface area (Å²) < 4.78 is 28.0. The van der Waals surface area contributed by atoms with Crippen molar-refractivity contribution >= 4 is 6.21 Å². The molecule has 4 nitrogen and oxygen atoms in total. The van der Waals surface area contributed by atoms with Gasteiger partial charge in [-0.3, -0.25) is 0 Å². The first-order valence-electron chi connectivity index (χ1n) is 4.64. The molecule has 16 heavy (non-hydrogen) atoms. The lowest BCUT2D eigenvalue weighted by atomic mass is 10.2. The molecule has 0 saturated heterocycles. The molecule has 0 spiro atoms. The van der Waals surface area contributed by atoms with Crippen LogP contribution < -0.4 is 10.2 Å². The van der Waals surface area contributed by atoms with Gasteiger partial charge in [0.05, 0.1) is 19.4 Å². The van der Waals surface area contributed by atoms with Gasteiger partial charge in [-0.15, -0.1) is 0 Å². The van der Waals surface area contributed by atoms with Crippen LogP contribution in [0.2, 0.25) is 0 Å². The number of hydrazone groups is 1. The fourth-order valence-corrected chi connectivity index (χ4v) is 1.01. The molecule has 0 aliphatic rings. The van der Waals surface area contributed by atoms with Gasteiger partial charge in [0.15, 0.2) is 0 Å². The van der Waals surface area contributed by atoms with E-state index in [-0.39, 0.29) is 12.4 Å². The highest BCUT2D eigenvalue weighted by Crippen LogP contribution is 2.14. The molecule has 0 saturated carbocycles. The van der Waals surface area contributed by atoms with Crippen LogP contribution in [0, 0.1) is 0 Å². The summed E-state index contributed by atoms with van der Waals surface area (Å²) in [5.41, 5.74) is 3.20. The summed E-state index contributed by atoms with van der Waals surface area (Å²) >= 11 is 0. The van der Waals surface area contributed by atoms with E-state index in [4.69, 9.17) is 5.11 Å². The molecular formula is C10H12F2N2O2. The van der Waals surface area contributed by atoms with Crippen molar-refractivity contribution in [2.45, 2.75) is 6.61 Å². The molecule has 0 aromatic heterocycles. The van der Waals surface area contributed by atoms with Crippen LogP contribution in [-0.4, -0.2) is 31.1 Å². The summed E-state index contributed by atoms with van der Waals surface area (Å²) in [6.45, 7) is -2.52. The number of rotatable bonds is 6. The van der Waals surface area contributed by atoms with Crippen LogP contribution in [0.5, 0.6) is 5.75 Å². The van der Waals surface area contributed by atoms with Crippen molar-refractivity contribution in [3.63, 3.8) is 0 Å². The van der Waals surface area contributed by atoms with Crippen LogP contribution >= 0.6 is 0 Å². The third-order valence-corrected chi connectivity index (χ3v) is 1.61. The SMILES string of the molecule is OCCN/N=C\c1cccc(OC(F)F)c1. The number of hydrogen-bond acceptors (Lipinski definition) is 4. The Labute approximate surface area is 91.5 Å². The molecule has 2 N–H and O–H groups in total. The van der Waals surface area contributed by atoms with Crippen molar-refractivity contribution < 1.29 is 18.6 Å². The molecule has 0 fully saturated rings. The Hall–Kier alpha value is -1.69. The maximum absolute atomic E-state index is 11.9. The van der Waals surface area contributed by atoms with Gasteiger partial charge in [-0.1, -0.05) is 12.1 Å². The van der Waals surface area contributed by atoms with E-state index in [1.54, 1.807) is 12.1 Å². The Morgan fingerprint density at radius 2 is 2.31 bits per heavy atom. The van der Waals surface area contributed by atoms with Gasteiger partial charge < -0.3 is 15.3 Å². The van der Waals surface area contributed by atoms with Crippen LogP contribution in [-0.2, 0) is 0 Å². The zero-order valence-electron chi connectivity index (χ0n) is 8.44. The fraction of sp³-hybridized carbons (Fsp3) is 0.300. The van der Waals surface area contributed by atoms with Crippen molar-refractivity contribution in [1.29, 1.82) is 0 Å². The van der Waals surface area contributed by atoms with Crippen molar-refractivity contribution in [2.75, 3.05) is 13.2 Å². The molecule has 0 unspecified atom stereocenters. The van der Waals surface area contributed by atoms with Crippen LogP contribution in [0.4, 0.5) is 8.78 Å². The number of hydrogen-bond donors (Lipinski definition) is 2. The summed E-state index contributed by atoms with van der Waals surface area (Å²) in [7, 11) is 0. The summed E-state index contributed by atoms with van der Waals surface area (Å²) in [6.07, 6.45) is 1.45. The highest BCUT2D eigenvalue weighted by Gasteiger charge is 2.03. The Balaban J connectivity index is 2.56. The van der Waals surface area contributed by atoms with E-state index >= 15 is 0 Å². The number of aliphatic hydroxyl groups is 1. The molecule has 0 amide bonds. The smallest absolute Gasteiger partial charge is 0.387 e. The van der Waals surface area contributed by atoms with Crippen LogP contribution in [0.1, 0.15) is 5.56 Å². The molecule has 1 rings (SSSR count). The van der Waals surface area contributed by atoms with Crippen molar-refractivity contribution in [2.24, 2.45) is 5.10 Å². The van der Waals surface area contributed by atoms with Gasteiger partial charge in [-0.2, -0.15) is 13.9 Å². The maximum atomic E-state index is 11.9. The van der Waals surface area contributed by atoms with Crippen LogP contribution in [0.3, 0.4) is 0 Å². The molecule has 88 valence electrons. The number of alkyl halides is 2. The van der Waals surface area contributed by atoms with E-state index in [0.29, 0.717) is 12.1 Å². The summed E-state index contributed by atoms with van der Waals surface area (Å²) in [6, 6.07) is 6.16. The molecule has 0 aliphatic carbocycles. The molecule has 0 atom stereocenters. The van der Waals surface area contributed by atoms with E-state index in [0.717, 1.165) is 0 Å². The average molecular weight is 230 g/mol. The molecular weight excluding hydrogens is 218 g/mol. The minimum atomic E-state index is -2.83. The van der Waals surface area contributed by atoms with E-state index in [1.165, 1.54) is 18.3 Å². The second kappa shape index (κ2) is 6.73. The third kappa shape index (κ3) is 4.70. The number of halogens is 2. The summed E-state index contributed by atoms with van der Waals surface area (Å²) in [5.74, 6) is 0.0844. The number of nitrogens with one attached hydrogen (secondary N) is 1. The first kappa shape index (κ1) is 12.4. The van der Waals surface area contributed by atoms with Crippen LogP contribution in [0.25, 0.3) is 0 Å². The quantitative estimate of drug-likeness (QED) is 0.438. The zero-order valence-corrected chi connectivity index (χ0v) is 8.44. The predicted molar refractivity (Wildman–Crippen MR) is 55.8 cm³/mol. The van der Waals surface area contributed by atoms with Crippen molar-refractivity contribution in [3.8, 4) is 5.75 Å². The van der Waals surface area contributed by atoms with Crippen molar-refractivity contribution in [1.82, 2.24) is 5.43 Å². The fourth-order valence-electron chi connectivity index (χ4n) is 1.01. The Morgan fingerprint density at radius 1 is 1.50 bits per heavy atom. The standard InChI is InChI=1S/C10H12F2N2O2/c11-10(12)16-9-3-1-2-8(6-9)7-14-13-4-5-15/h1-3,6-7,10,13,15H,4-5H2/b14-7-. The molecule has 0 aliphatic heterocycles. The maximum Gasteiger partial charge on any atom is 0.387 e. The lowest BCUT2D eigenvalue weighted by Gasteiger charge is -2.04. The van der Waals surface area contributed by atoms with Gasteiger partial charge in [0.2, 0.25) is 0 Å². The number of aliphatic hydroxyl groups excluding tert-OH is 1. The first-order valence-corrected chi connectivity index (χ1v) is 4.64. The van der Waals surface area contributed by atoms with Gasteiger partial charge in [-0.25, -0.2) is 0 Å². The Kier molecular flexibility index (Phi) is 5.21. The molecule has 0 heterocycles. The highest BCUT2D eigenvalue weighted by atomic mass is 19.3. The lowest BCUT2D eigenvalue weighted by molar-refractivity contribution is -0.0498. The number of benzene rings is 1. The van der Waals surface area contributed by atoms with Gasteiger partial charge in [0.1, 0.15) is 5.75 Å². The monoisotopic (exact) mass is 230 g/mol. The van der Waals surface area contributed by atoms with Gasteiger partial charge >= 0.3 is 6.61 Å². The summed E-state index contributed by atoms with van der Waals surface area (Å²) in [4.78, 5) is 0. The molecule has 0 bridgehead atoms. The third-order valence-electron chi connectivity index (χ3n) is 1.61. The van der Waals surface area contributed by atoms with Gasteiger partial charge in [0, 0.05) is 0 Å². The second-order valence-electron chi connectivity index (χ2n) is 2.84. The molecule has 0 radical (unpaired) electrons. The number of ether oxygens (including phenoxy) is 1. The summed E-state index contributed by atoms with van der Waals surface area (Å²) in [5, 5.41) is 12.2. The number of nitrogens with zero attached hydrogens (tertiary/aromatic N) is 1. The minimum Gasteiger partial charge on any atom is -0.435 e. The predicted octanol–water partition coefficient (Wildman–Crippen LogP) is 1.20. The highest BCUT2D eigenvalue weighted by molar-refractivity contribution is 5.79. The molecule has 1 aromatic rings. The van der Waals surface area contributed by atoms with Gasteiger partial charge in [-0.05, 0) is 17.7 Å².